The molecule has 2 aliphatic heterocycles. The molecule has 1 aromatic carbocycles. The molecule has 2 saturated heterocycles. The van der Waals surface area contributed by atoms with E-state index in [2.05, 4.69) is 18.9 Å². The van der Waals surface area contributed by atoms with Gasteiger partial charge in [0.15, 0.2) is 0 Å². The first-order valence-corrected chi connectivity index (χ1v) is 9.69. The molecule has 144 valence electrons. The molecule has 2 aliphatic rings. The third-order valence-electron chi connectivity index (χ3n) is 7.13. The van der Waals surface area contributed by atoms with Gasteiger partial charge >= 0.3 is 5.97 Å². The summed E-state index contributed by atoms with van der Waals surface area (Å²) in [4.78, 5) is 16.0. The van der Waals surface area contributed by atoms with Crippen LogP contribution in [-0.2, 0) is 19.7 Å². The summed E-state index contributed by atoms with van der Waals surface area (Å²) >= 11 is 0. The topological polar surface area (TPSA) is 38.8 Å². The number of fused-ring (bicyclic) bond motifs is 2. The molecule has 4 heteroatoms. The minimum atomic E-state index is -0.881. The van der Waals surface area contributed by atoms with E-state index in [-0.39, 0.29) is 5.97 Å². The summed E-state index contributed by atoms with van der Waals surface area (Å²) in [5, 5.41) is 0. The first-order chi connectivity index (χ1) is 12.1. The van der Waals surface area contributed by atoms with Gasteiger partial charge in [0.1, 0.15) is 11.0 Å². The molecule has 4 atom stereocenters. The van der Waals surface area contributed by atoms with E-state index in [1.54, 1.807) is 7.11 Å². The summed E-state index contributed by atoms with van der Waals surface area (Å²) in [5.41, 5.74) is -1.05. The molecule has 0 radical (unpaired) electrons. The smallest absolute Gasteiger partial charge is 0.319 e. The molecule has 0 spiro atoms. The van der Waals surface area contributed by atoms with E-state index in [0.29, 0.717) is 12.1 Å². The van der Waals surface area contributed by atoms with Crippen LogP contribution in [0.2, 0.25) is 0 Å². The van der Waals surface area contributed by atoms with E-state index in [0.717, 1.165) is 18.4 Å². The Morgan fingerprint density at radius 2 is 1.65 bits per heavy atom. The summed E-state index contributed by atoms with van der Waals surface area (Å²) in [6.45, 7) is 7.97. The summed E-state index contributed by atoms with van der Waals surface area (Å²) in [7, 11) is 3.86. The van der Waals surface area contributed by atoms with Crippen LogP contribution < -0.4 is 0 Å². The number of carbonyl (C=O) groups excluding carboxylic acids is 1. The number of esters is 1. The van der Waals surface area contributed by atoms with Gasteiger partial charge in [-0.3, -0.25) is 4.79 Å². The molecule has 1 aromatic rings. The SMILES string of the molecule is COC(C)(C)C(C)(C(=O)O[C@@]1(C)CC2CC[C@H](C1)N2C)c1ccccc1. The van der Waals surface area contributed by atoms with Crippen LogP contribution >= 0.6 is 0 Å². The number of benzene rings is 1. The number of ether oxygens (including phenoxy) is 2. The Morgan fingerprint density at radius 1 is 1.12 bits per heavy atom. The van der Waals surface area contributed by atoms with Crippen LogP contribution in [-0.4, -0.2) is 48.3 Å². The lowest BCUT2D eigenvalue weighted by Crippen LogP contribution is -2.57. The van der Waals surface area contributed by atoms with Crippen molar-refractivity contribution in [2.75, 3.05) is 14.2 Å². The van der Waals surface area contributed by atoms with Crippen molar-refractivity contribution < 1.29 is 14.3 Å². The predicted molar refractivity (Wildman–Crippen MR) is 103 cm³/mol. The molecule has 3 rings (SSSR count). The lowest BCUT2D eigenvalue weighted by Gasteiger charge is -2.47. The highest BCUT2D eigenvalue weighted by molar-refractivity contribution is 5.85. The summed E-state index contributed by atoms with van der Waals surface area (Å²) in [5.74, 6) is -0.193. The van der Waals surface area contributed by atoms with E-state index in [4.69, 9.17) is 9.47 Å². The standard InChI is InChI=1S/C22H33NO3/c1-20(2,25-6)22(4,16-10-8-7-9-11-16)19(24)26-21(3)14-17-12-13-18(15-21)23(17)5/h7-11,17-18H,12-15H2,1-6H3/t17-,18?,21-,22?/m1/s1. The second-order valence-electron chi connectivity index (χ2n) is 9.00. The van der Waals surface area contributed by atoms with Crippen molar-refractivity contribution >= 4 is 5.97 Å². The van der Waals surface area contributed by atoms with Gasteiger partial charge in [-0.2, -0.15) is 0 Å². The van der Waals surface area contributed by atoms with Crippen LogP contribution in [0, 0.1) is 0 Å². The molecule has 0 aliphatic carbocycles. The van der Waals surface area contributed by atoms with E-state index >= 15 is 0 Å². The average Bonchev–Trinajstić information content (AvgIpc) is 2.83. The Labute approximate surface area is 157 Å². The van der Waals surface area contributed by atoms with E-state index in [9.17, 15) is 4.79 Å². The van der Waals surface area contributed by atoms with Crippen molar-refractivity contribution in [2.45, 2.75) is 82.1 Å². The molecule has 26 heavy (non-hydrogen) atoms. The molecular formula is C22H33NO3. The Morgan fingerprint density at radius 3 is 2.15 bits per heavy atom. The molecule has 0 N–H and O–H groups in total. The maximum absolute atomic E-state index is 13.5. The fraction of sp³-hybridized carbons (Fsp3) is 0.682. The normalized spacial score (nSPS) is 31.5. The number of hydrogen-bond donors (Lipinski definition) is 0. The van der Waals surface area contributed by atoms with Gasteiger partial charge in [-0.05, 0) is 53.1 Å². The van der Waals surface area contributed by atoms with Crippen molar-refractivity contribution in [2.24, 2.45) is 0 Å². The molecule has 4 nitrogen and oxygen atoms in total. The number of methoxy groups -OCH3 is 1. The van der Waals surface area contributed by atoms with Crippen LogP contribution in [0.4, 0.5) is 0 Å². The van der Waals surface area contributed by atoms with E-state index in [1.807, 2.05) is 51.1 Å². The average molecular weight is 360 g/mol. The van der Waals surface area contributed by atoms with Crippen molar-refractivity contribution in [1.82, 2.24) is 4.90 Å². The third kappa shape index (κ3) is 3.07. The number of rotatable bonds is 5. The molecular weight excluding hydrogens is 326 g/mol. The zero-order valence-electron chi connectivity index (χ0n) is 17.0. The number of hydrogen-bond acceptors (Lipinski definition) is 4. The van der Waals surface area contributed by atoms with Gasteiger partial charge in [0.25, 0.3) is 0 Å². The summed E-state index contributed by atoms with van der Waals surface area (Å²) in [6.07, 6.45) is 4.22. The molecule has 2 unspecified atom stereocenters. The Hall–Kier alpha value is -1.39. The van der Waals surface area contributed by atoms with Crippen molar-refractivity contribution in [1.29, 1.82) is 0 Å². The van der Waals surface area contributed by atoms with E-state index < -0.39 is 16.6 Å². The lowest BCUT2D eigenvalue weighted by molar-refractivity contribution is -0.182. The van der Waals surface area contributed by atoms with E-state index in [1.165, 1.54) is 12.8 Å². The fourth-order valence-corrected chi connectivity index (χ4v) is 4.76. The Bertz CT molecular complexity index is 643. The Balaban J connectivity index is 1.90. The maximum Gasteiger partial charge on any atom is 0.319 e. The molecule has 0 saturated carbocycles. The van der Waals surface area contributed by atoms with Gasteiger partial charge in [0, 0.05) is 32.0 Å². The number of nitrogens with zero attached hydrogens (tertiary/aromatic N) is 1. The van der Waals surface area contributed by atoms with Gasteiger partial charge in [-0.1, -0.05) is 30.3 Å². The predicted octanol–water partition coefficient (Wildman–Crippen LogP) is 3.93. The highest BCUT2D eigenvalue weighted by Crippen LogP contribution is 2.45. The molecule has 2 bridgehead atoms. The van der Waals surface area contributed by atoms with Crippen molar-refractivity contribution in [3.8, 4) is 0 Å². The zero-order valence-corrected chi connectivity index (χ0v) is 17.0. The van der Waals surface area contributed by atoms with Gasteiger partial charge in [-0.25, -0.2) is 0 Å². The highest BCUT2D eigenvalue weighted by atomic mass is 16.6. The van der Waals surface area contributed by atoms with Crippen LogP contribution in [0.25, 0.3) is 0 Å². The maximum atomic E-state index is 13.5. The summed E-state index contributed by atoms with van der Waals surface area (Å²) < 4.78 is 12.0. The first kappa shape index (κ1) is 19.4. The zero-order chi connectivity index (χ0) is 19.2. The van der Waals surface area contributed by atoms with Gasteiger partial charge < -0.3 is 14.4 Å². The number of piperidine rings is 1. The largest absolute Gasteiger partial charge is 0.459 e. The molecule has 0 amide bonds. The van der Waals surface area contributed by atoms with Crippen molar-refractivity contribution in [3.05, 3.63) is 35.9 Å². The summed E-state index contributed by atoms with van der Waals surface area (Å²) in [6, 6.07) is 10.9. The molecule has 2 fully saturated rings. The second kappa shape index (κ2) is 6.65. The second-order valence-corrected chi connectivity index (χ2v) is 9.00. The van der Waals surface area contributed by atoms with Gasteiger partial charge in [-0.15, -0.1) is 0 Å². The number of carbonyl (C=O) groups is 1. The quantitative estimate of drug-likeness (QED) is 0.747. The van der Waals surface area contributed by atoms with Crippen LogP contribution in [0.1, 0.15) is 58.9 Å². The van der Waals surface area contributed by atoms with Gasteiger partial charge in [0.05, 0.1) is 5.60 Å². The monoisotopic (exact) mass is 359 g/mol. The minimum absolute atomic E-state index is 0.193. The Kier molecular flexibility index (Phi) is 4.95. The molecule has 2 heterocycles. The molecule has 0 aromatic heterocycles. The van der Waals surface area contributed by atoms with Crippen molar-refractivity contribution in [3.63, 3.8) is 0 Å². The minimum Gasteiger partial charge on any atom is -0.459 e. The fourth-order valence-electron chi connectivity index (χ4n) is 4.76. The third-order valence-corrected chi connectivity index (χ3v) is 7.13. The van der Waals surface area contributed by atoms with Crippen LogP contribution in [0.5, 0.6) is 0 Å². The highest BCUT2D eigenvalue weighted by Gasteiger charge is 2.54. The lowest BCUT2D eigenvalue weighted by atomic mass is 9.70. The van der Waals surface area contributed by atoms with Crippen LogP contribution in [0.15, 0.2) is 30.3 Å². The van der Waals surface area contributed by atoms with Gasteiger partial charge in [0.2, 0.25) is 0 Å². The first-order valence-electron chi connectivity index (χ1n) is 9.69. The van der Waals surface area contributed by atoms with Crippen LogP contribution in [0.3, 0.4) is 0 Å².